The molecule has 0 spiro atoms. The van der Waals surface area contributed by atoms with Crippen molar-refractivity contribution in [1.82, 2.24) is 14.7 Å². The van der Waals surface area contributed by atoms with E-state index in [1.54, 1.807) is 29.2 Å². The molecule has 1 aliphatic rings. The number of hydrogen-bond acceptors (Lipinski definition) is 4. The van der Waals surface area contributed by atoms with Gasteiger partial charge in [-0.2, -0.15) is 5.10 Å². The molecule has 1 aromatic carbocycles. The Bertz CT molecular complexity index is 1020. The van der Waals surface area contributed by atoms with Crippen LogP contribution in [0.3, 0.4) is 0 Å². The van der Waals surface area contributed by atoms with Crippen LogP contribution >= 0.6 is 0 Å². The molecule has 1 atom stereocenters. The zero-order chi connectivity index (χ0) is 17.6. The third-order valence-electron chi connectivity index (χ3n) is 4.69. The van der Waals surface area contributed by atoms with Gasteiger partial charge in [-0.25, -0.2) is 0 Å². The summed E-state index contributed by atoms with van der Waals surface area (Å²) in [5.41, 5.74) is 2.31. The average Bonchev–Trinajstić information content (AvgIpc) is 3.20. The molecule has 0 radical (unpaired) electrons. The van der Waals surface area contributed by atoms with Gasteiger partial charge in [-0.1, -0.05) is 12.1 Å². The molecule has 1 fully saturated rings. The predicted octanol–water partition coefficient (Wildman–Crippen LogP) is 2.69. The van der Waals surface area contributed by atoms with Crippen molar-refractivity contribution in [3.05, 3.63) is 63.8 Å². The fourth-order valence-electron chi connectivity index (χ4n) is 3.51. The number of aryl methyl sites for hydroxylation is 2. The summed E-state index contributed by atoms with van der Waals surface area (Å²) in [6.45, 7) is 5.17. The standard InChI is InChI=1S/C19H19N3O3/c1-12-9-13(2)22(20-12)14-7-8-21(11-14)19(24)18-10-16(23)15-5-3-4-6-17(15)25-18/h3-6,9-10,14H,7-8,11H2,1-2H3. The molecule has 6 nitrogen and oxygen atoms in total. The highest BCUT2D eigenvalue weighted by Crippen LogP contribution is 2.25. The Kier molecular flexibility index (Phi) is 3.67. The van der Waals surface area contributed by atoms with Crippen molar-refractivity contribution in [2.75, 3.05) is 13.1 Å². The summed E-state index contributed by atoms with van der Waals surface area (Å²) in [7, 11) is 0. The van der Waals surface area contributed by atoms with E-state index in [1.807, 2.05) is 24.6 Å². The van der Waals surface area contributed by atoms with E-state index >= 15 is 0 Å². The first kappa shape index (κ1) is 15.6. The molecule has 0 aliphatic carbocycles. The largest absolute Gasteiger partial charge is 0.451 e. The molecule has 1 unspecified atom stereocenters. The van der Waals surface area contributed by atoms with Gasteiger partial charge < -0.3 is 9.32 Å². The van der Waals surface area contributed by atoms with Crippen molar-refractivity contribution in [2.45, 2.75) is 26.3 Å². The zero-order valence-electron chi connectivity index (χ0n) is 14.2. The molecule has 1 amide bonds. The quantitative estimate of drug-likeness (QED) is 0.721. The topological polar surface area (TPSA) is 68.3 Å². The van der Waals surface area contributed by atoms with Crippen LogP contribution in [-0.4, -0.2) is 33.7 Å². The van der Waals surface area contributed by atoms with Crippen LogP contribution in [0.1, 0.15) is 34.4 Å². The third-order valence-corrected chi connectivity index (χ3v) is 4.69. The van der Waals surface area contributed by atoms with Crippen molar-refractivity contribution in [1.29, 1.82) is 0 Å². The Balaban J connectivity index is 1.60. The lowest BCUT2D eigenvalue weighted by Gasteiger charge is -2.17. The lowest BCUT2D eigenvalue weighted by molar-refractivity contribution is 0.0756. The van der Waals surface area contributed by atoms with Crippen molar-refractivity contribution in [3.8, 4) is 0 Å². The molecule has 25 heavy (non-hydrogen) atoms. The molecule has 2 aromatic heterocycles. The minimum Gasteiger partial charge on any atom is -0.451 e. The lowest BCUT2D eigenvalue weighted by atomic mass is 10.2. The van der Waals surface area contributed by atoms with Gasteiger partial charge in [0.2, 0.25) is 0 Å². The van der Waals surface area contributed by atoms with E-state index in [9.17, 15) is 9.59 Å². The summed E-state index contributed by atoms with van der Waals surface area (Å²) < 4.78 is 7.66. The monoisotopic (exact) mass is 337 g/mol. The van der Waals surface area contributed by atoms with Crippen LogP contribution in [0.4, 0.5) is 0 Å². The van der Waals surface area contributed by atoms with E-state index in [4.69, 9.17) is 4.42 Å². The van der Waals surface area contributed by atoms with Gasteiger partial charge in [0.05, 0.1) is 17.1 Å². The van der Waals surface area contributed by atoms with Gasteiger partial charge in [0, 0.05) is 24.8 Å². The highest BCUT2D eigenvalue weighted by molar-refractivity contribution is 5.93. The van der Waals surface area contributed by atoms with Gasteiger partial charge >= 0.3 is 0 Å². The number of rotatable bonds is 2. The molecule has 0 N–H and O–H groups in total. The lowest BCUT2D eigenvalue weighted by Crippen LogP contribution is -2.30. The predicted molar refractivity (Wildman–Crippen MR) is 93.7 cm³/mol. The number of fused-ring (bicyclic) bond motifs is 1. The van der Waals surface area contributed by atoms with Crippen LogP contribution in [-0.2, 0) is 0 Å². The maximum absolute atomic E-state index is 12.8. The SMILES string of the molecule is Cc1cc(C)n(C2CCN(C(=O)c3cc(=O)c4ccccc4o3)C2)n1. The van der Waals surface area contributed by atoms with Crippen LogP contribution in [0.25, 0.3) is 11.0 Å². The van der Waals surface area contributed by atoms with Crippen LogP contribution in [0.5, 0.6) is 0 Å². The maximum atomic E-state index is 12.8. The van der Waals surface area contributed by atoms with Crippen molar-refractivity contribution < 1.29 is 9.21 Å². The molecule has 3 aromatic rings. The molecule has 1 saturated heterocycles. The Morgan fingerprint density at radius 3 is 2.80 bits per heavy atom. The van der Waals surface area contributed by atoms with Crippen LogP contribution in [0, 0.1) is 13.8 Å². The molecule has 6 heteroatoms. The Hall–Kier alpha value is -2.89. The van der Waals surface area contributed by atoms with E-state index in [1.165, 1.54) is 6.07 Å². The molecule has 0 saturated carbocycles. The molecule has 3 heterocycles. The average molecular weight is 337 g/mol. The summed E-state index contributed by atoms with van der Waals surface area (Å²) in [6.07, 6.45) is 0.839. The van der Waals surface area contributed by atoms with Crippen LogP contribution in [0.2, 0.25) is 0 Å². The second-order valence-corrected chi connectivity index (χ2v) is 6.54. The first-order valence-corrected chi connectivity index (χ1v) is 8.38. The number of aromatic nitrogens is 2. The van der Waals surface area contributed by atoms with Gasteiger partial charge in [-0.15, -0.1) is 0 Å². The molecule has 0 bridgehead atoms. The van der Waals surface area contributed by atoms with E-state index in [0.717, 1.165) is 17.8 Å². The summed E-state index contributed by atoms with van der Waals surface area (Å²) in [6, 6.07) is 10.5. The van der Waals surface area contributed by atoms with Gasteiger partial charge in [0.25, 0.3) is 5.91 Å². The fraction of sp³-hybridized carbons (Fsp3) is 0.316. The Morgan fingerprint density at radius 1 is 1.24 bits per heavy atom. The number of amides is 1. The number of likely N-dealkylation sites (tertiary alicyclic amines) is 1. The second kappa shape index (κ2) is 5.88. The molecular weight excluding hydrogens is 318 g/mol. The summed E-state index contributed by atoms with van der Waals surface area (Å²) in [4.78, 5) is 26.7. The minimum absolute atomic E-state index is 0.0951. The molecular formula is C19H19N3O3. The van der Waals surface area contributed by atoms with E-state index in [2.05, 4.69) is 5.10 Å². The van der Waals surface area contributed by atoms with Crippen LogP contribution < -0.4 is 5.43 Å². The summed E-state index contributed by atoms with van der Waals surface area (Å²) in [5.74, 6) is -0.149. The van der Waals surface area contributed by atoms with E-state index in [-0.39, 0.29) is 23.1 Å². The molecule has 4 rings (SSSR count). The van der Waals surface area contributed by atoms with Crippen molar-refractivity contribution in [3.63, 3.8) is 0 Å². The zero-order valence-corrected chi connectivity index (χ0v) is 14.2. The summed E-state index contributed by atoms with van der Waals surface area (Å²) in [5, 5.41) is 5.01. The van der Waals surface area contributed by atoms with Crippen molar-refractivity contribution in [2.24, 2.45) is 0 Å². The number of carbonyl (C=O) groups is 1. The van der Waals surface area contributed by atoms with Crippen molar-refractivity contribution >= 4 is 16.9 Å². The van der Waals surface area contributed by atoms with E-state index in [0.29, 0.717) is 24.1 Å². The molecule has 1 aliphatic heterocycles. The van der Waals surface area contributed by atoms with Gasteiger partial charge in [-0.3, -0.25) is 14.3 Å². The number of nitrogens with zero attached hydrogens (tertiary/aromatic N) is 3. The highest BCUT2D eigenvalue weighted by atomic mass is 16.3. The highest BCUT2D eigenvalue weighted by Gasteiger charge is 2.30. The maximum Gasteiger partial charge on any atom is 0.289 e. The first-order chi connectivity index (χ1) is 12.0. The summed E-state index contributed by atoms with van der Waals surface area (Å²) >= 11 is 0. The Labute approximate surface area is 144 Å². The normalized spacial score (nSPS) is 17.4. The smallest absolute Gasteiger partial charge is 0.289 e. The second-order valence-electron chi connectivity index (χ2n) is 6.54. The third kappa shape index (κ3) is 2.73. The van der Waals surface area contributed by atoms with E-state index < -0.39 is 0 Å². The number of hydrogen-bond donors (Lipinski definition) is 0. The number of carbonyl (C=O) groups excluding carboxylic acids is 1. The minimum atomic E-state index is -0.244. The van der Waals surface area contributed by atoms with Gasteiger partial charge in [0.15, 0.2) is 11.2 Å². The Morgan fingerprint density at radius 2 is 2.04 bits per heavy atom. The van der Waals surface area contributed by atoms with Crippen LogP contribution in [0.15, 0.2) is 45.6 Å². The first-order valence-electron chi connectivity index (χ1n) is 8.38. The fourth-order valence-corrected chi connectivity index (χ4v) is 3.51. The van der Waals surface area contributed by atoms with Gasteiger partial charge in [0.1, 0.15) is 5.58 Å². The number of benzene rings is 1. The molecule has 128 valence electrons. The number of para-hydroxylation sites is 1. The van der Waals surface area contributed by atoms with Gasteiger partial charge in [-0.05, 0) is 38.5 Å².